The molecule has 1 amide bonds. The third-order valence-electron chi connectivity index (χ3n) is 2.80. The molecule has 0 bridgehead atoms. The first-order valence-electron chi connectivity index (χ1n) is 5.86. The number of amides is 1. The predicted molar refractivity (Wildman–Crippen MR) is 69.4 cm³/mol. The molecule has 0 aliphatic heterocycles. The Morgan fingerprint density at radius 2 is 2.22 bits per heavy atom. The standard InChI is InChI=1S/C13H20N2O3/c1-4-10(14)13(17)15(2)8-9-5-6-11(16)12(7-9)18-3/h5-7,10,16H,4,8,14H2,1-3H3. The van der Waals surface area contributed by atoms with Gasteiger partial charge in [-0.05, 0) is 24.1 Å². The van der Waals surface area contributed by atoms with Crippen LogP contribution in [-0.2, 0) is 11.3 Å². The molecular formula is C13H20N2O3. The Kier molecular flexibility index (Phi) is 4.97. The van der Waals surface area contributed by atoms with Gasteiger partial charge in [-0.25, -0.2) is 0 Å². The quantitative estimate of drug-likeness (QED) is 0.822. The molecule has 18 heavy (non-hydrogen) atoms. The predicted octanol–water partition coefficient (Wildman–Crippen LogP) is 1.10. The van der Waals surface area contributed by atoms with E-state index < -0.39 is 6.04 Å². The summed E-state index contributed by atoms with van der Waals surface area (Å²) in [5, 5.41) is 9.48. The number of phenols is 1. The molecule has 1 aromatic rings. The number of ether oxygens (including phenoxy) is 1. The van der Waals surface area contributed by atoms with Crippen molar-refractivity contribution in [1.82, 2.24) is 4.90 Å². The summed E-state index contributed by atoms with van der Waals surface area (Å²) in [5.74, 6) is 0.387. The number of carbonyl (C=O) groups excluding carboxylic acids is 1. The van der Waals surface area contributed by atoms with Crippen molar-refractivity contribution in [3.8, 4) is 11.5 Å². The Balaban J connectivity index is 2.75. The van der Waals surface area contributed by atoms with Gasteiger partial charge < -0.3 is 20.5 Å². The summed E-state index contributed by atoms with van der Waals surface area (Å²) < 4.78 is 5.02. The Morgan fingerprint density at radius 3 is 2.78 bits per heavy atom. The van der Waals surface area contributed by atoms with E-state index in [1.54, 1.807) is 30.1 Å². The Hall–Kier alpha value is -1.75. The molecule has 0 aliphatic carbocycles. The average molecular weight is 252 g/mol. The molecule has 0 saturated carbocycles. The minimum atomic E-state index is -0.464. The van der Waals surface area contributed by atoms with Crippen LogP contribution in [0.15, 0.2) is 18.2 Å². The number of likely N-dealkylation sites (N-methyl/N-ethyl adjacent to an activating group) is 1. The molecule has 1 unspecified atom stereocenters. The van der Waals surface area contributed by atoms with Gasteiger partial charge in [0.1, 0.15) is 0 Å². The zero-order valence-corrected chi connectivity index (χ0v) is 11.0. The molecule has 5 nitrogen and oxygen atoms in total. The molecule has 0 radical (unpaired) electrons. The second-order valence-electron chi connectivity index (χ2n) is 4.22. The number of rotatable bonds is 5. The fourth-order valence-corrected chi connectivity index (χ4v) is 1.63. The maximum atomic E-state index is 11.8. The van der Waals surface area contributed by atoms with Crippen LogP contribution < -0.4 is 10.5 Å². The number of hydrogen-bond donors (Lipinski definition) is 2. The molecule has 0 saturated heterocycles. The lowest BCUT2D eigenvalue weighted by Crippen LogP contribution is -2.40. The number of nitrogens with two attached hydrogens (primary N) is 1. The first kappa shape index (κ1) is 14.3. The van der Waals surface area contributed by atoms with Gasteiger partial charge in [0.15, 0.2) is 11.5 Å². The van der Waals surface area contributed by atoms with Crippen LogP contribution in [-0.4, -0.2) is 36.1 Å². The molecule has 0 heterocycles. The van der Waals surface area contributed by atoms with Crippen LogP contribution in [0.2, 0.25) is 0 Å². The number of carbonyl (C=O) groups is 1. The number of nitrogens with zero attached hydrogens (tertiary/aromatic N) is 1. The van der Waals surface area contributed by atoms with E-state index in [1.165, 1.54) is 7.11 Å². The largest absolute Gasteiger partial charge is 0.504 e. The summed E-state index contributed by atoms with van der Waals surface area (Å²) in [6.45, 7) is 2.31. The second kappa shape index (κ2) is 6.26. The molecule has 1 aromatic carbocycles. The summed E-state index contributed by atoms with van der Waals surface area (Å²) in [6.07, 6.45) is 0.613. The summed E-state index contributed by atoms with van der Waals surface area (Å²) in [4.78, 5) is 13.4. The molecule has 0 fully saturated rings. The highest BCUT2D eigenvalue weighted by Gasteiger charge is 2.16. The molecular weight excluding hydrogens is 232 g/mol. The van der Waals surface area contributed by atoms with Crippen LogP contribution in [0.1, 0.15) is 18.9 Å². The fourth-order valence-electron chi connectivity index (χ4n) is 1.63. The molecule has 0 aliphatic rings. The molecule has 1 atom stereocenters. The van der Waals surface area contributed by atoms with E-state index in [4.69, 9.17) is 10.5 Å². The zero-order valence-electron chi connectivity index (χ0n) is 11.0. The highest BCUT2D eigenvalue weighted by molar-refractivity contribution is 5.81. The summed E-state index contributed by atoms with van der Waals surface area (Å²) in [6, 6.07) is 4.54. The van der Waals surface area contributed by atoms with Crippen LogP contribution in [0.3, 0.4) is 0 Å². The van der Waals surface area contributed by atoms with Crippen LogP contribution in [0.5, 0.6) is 11.5 Å². The Bertz CT molecular complexity index is 421. The van der Waals surface area contributed by atoms with E-state index in [-0.39, 0.29) is 11.7 Å². The van der Waals surface area contributed by atoms with E-state index in [0.29, 0.717) is 18.7 Å². The van der Waals surface area contributed by atoms with Gasteiger partial charge in [0.05, 0.1) is 13.2 Å². The van der Waals surface area contributed by atoms with Crippen LogP contribution in [0.4, 0.5) is 0 Å². The highest BCUT2D eigenvalue weighted by atomic mass is 16.5. The lowest BCUT2D eigenvalue weighted by atomic mass is 10.1. The third kappa shape index (κ3) is 3.37. The maximum Gasteiger partial charge on any atom is 0.239 e. The van der Waals surface area contributed by atoms with Crippen molar-refractivity contribution in [2.75, 3.05) is 14.2 Å². The van der Waals surface area contributed by atoms with Crippen molar-refractivity contribution in [2.24, 2.45) is 5.73 Å². The normalized spacial score (nSPS) is 12.0. The van der Waals surface area contributed by atoms with Gasteiger partial charge >= 0.3 is 0 Å². The van der Waals surface area contributed by atoms with Crippen molar-refractivity contribution in [2.45, 2.75) is 25.9 Å². The number of aromatic hydroxyl groups is 1. The van der Waals surface area contributed by atoms with E-state index in [2.05, 4.69) is 0 Å². The minimum absolute atomic E-state index is 0.0838. The van der Waals surface area contributed by atoms with Gasteiger partial charge in [0.2, 0.25) is 5.91 Å². The number of hydrogen-bond acceptors (Lipinski definition) is 4. The van der Waals surface area contributed by atoms with Gasteiger partial charge in [-0.1, -0.05) is 13.0 Å². The molecule has 5 heteroatoms. The van der Waals surface area contributed by atoms with Crippen LogP contribution in [0.25, 0.3) is 0 Å². The first-order chi connectivity index (χ1) is 8.49. The minimum Gasteiger partial charge on any atom is -0.504 e. The topological polar surface area (TPSA) is 75.8 Å². The van der Waals surface area contributed by atoms with Gasteiger partial charge in [-0.3, -0.25) is 4.79 Å². The number of phenolic OH excluding ortho intramolecular Hbond substituents is 1. The number of benzene rings is 1. The van der Waals surface area contributed by atoms with Gasteiger partial charge in [0.25, 0.3) is 0 Å². The van der Waals surface area contributed by atoms with E-state index >= 15 is 0 Å². The zero-order chi connectivity index (χ0) is 13.7. The molecule has 3 N–H and O–H groups in total. The van der Waals surface area contributed by atoms with E-state index in [9.17, 15) is 9.90 Å². The van der Waals surface area contributed by atoms with Crippen molar-refractivity contribution in [3.63, 3.8) is 0 Å². The Labute approximate surface area is 107 Å². The van der Waals surface area contributed by atoms with Gasteiger partial charge in [-0.15, -0.1) is 0 Å². The van der Waals surface area contributed by atoms with Crippen LogP contribution in [0, 0.1) is 0 Å². The first-order valence-corrected chi connectivity index (χ1v) is 5.86. The SMILES string of the molecule is CCC(N)C(=O)N(C)Cc1ccc(O)c(OC)c1. The van der Waals surface area contributed by atoms with Gasteiger partial charge in [-0.2, -0.15) is 0 Å². The Morgan fingerprint density at radius 1 is 1.56 bits per heavy atom. The van der Waals surface area contributed by atoms with E-state index in [1.807, 2.05) is 6.92 Å². The second-order valence-corrected chi connectivity index (χ2v) is 4.22. The lowest BCUT2D eigenvalue weighted by Gasteiger charge is -2.21. The summed E-state index contributed by atoms with van der Waals surface area (Å²) in [7, 11) is 3.19. The molecule has 0 aromatic heterocycles. The van der Waals surface area contributed by atoms with Crippen molar-refractivity contribution in [3.05, 3.63) is 23.8 Å². The smallest absolute Gasteiger partial charge is 0.239 e. The molecule has 1 rings (SSSR count). The number of methoxy groups -OCH3 is 1. The third-order valence-corrected chi connectivity index (χ3v) is 2.80. The lowest BCUT2D eigenvalue weighted by molar-refractivity contribution is -0.131. The van der Waals surface area contributed by atoms with Crippen molar-refractivity contribution < 1.29 is 14.6 Å². The van der Waals surface area contributed by atoms with Crippen molar-refractivity contribution in [1.29, 1.82) is 0 Å². The summed E-state index contributed by atoms with van der Waals surface area (Å²) in [5.41, 5.74) is 6.57. The average Bonchev–Trinajstić information content (AvgIpc) is 2.38. The maximum absolute atomic E-state index is 11.8. The van der Waals surface area contributed by atoms with E-state index in [0.717, 1.165) is 5.56 Å². The van der Waals surface area contributed by atoms with Gasteiger partial charge in [0, 0.05) is 13.6 Å². The summed E-state index contributed by atoms with van der Waals surface area (Å²) >= 11 is 0. The highest BCUT2D eigenvalue weighted by Crippen LogP contribution is 2.26. The van der Waals surface area contributed by atoms with Crippen molar-refractivity contribution >= 4 is 5.91 Å². The van der Waals surface area contributed by atoms with Crippen LogP contribution >= 0.6 is 0 Å². The molecule has 0 spiro atoms. The monoisotopic (exact) mass is 252 g/mol. The molecule has 100 valence electrons. The fraction of sp³-hybridized carbons (Fsp3) is 0.462.